The molecule has 1 amide bonds. The molecule has 3 aromatic rings. The lowest BCUT2D eigenvalue weighted by molar-refractivity contribution is -0.115. The summed E-state index contributed by atoms with van der Waals surface area (Å²) in [6, 6.07) is 15.3. The van der Waals surface area contributed by atoms with Crippen LogP contribution in [-0.2, 0) is 18.3 Å². The molecule has 0 atom stereocenters. The number of hydrogen-bond acceptors (Lipinski definition) is 3. The Bertz CT molecular complexity index is 927. The highest BCUT2D eigenvalue weighted by Crippen LogP contribution is 2.24. The summed E-state index contributed by atoms with van der Waals surface area (Å²) in [7, 11) is 1.89. The molecule has 0 unspecified atom stereocenters. The third-order valence-electron chi connectivity index (χ3n) is 4.36. The monoisotopic (exact) mass is 349 g/mol. The molecule has 0 aliphatic carbocycles. The number of nitrogens with one attached hydrogen (secondary N) is 1. The molecule has 0 aliphatic heterocycles. The number of ether oxygens (including phenoxy) is 1. The van der Waals surface area contributed by atoms with Crippen molar-refractivity contribution in [2.24, 2.45) is 7.05 Å². The minimum atomic E-state index is -0.0587. The maximum atomic E-state index is 12.3. The Hall–Kier alpha value is -3.08. The quantitative estimate of drug-likeness (QED) is 0.746. The molecule has 26 heavy (non-hydrogen) atoms. The second-order valence-corrected chi connectivity index (χ2v) is 6.44. The Morgan fingerprint density at radius 3 is 2.42 bits per heavy atom. The van der Waals surface area contributed by atoms with Gasteiger partial charge in [0, 0.05) is 24.0 Å². The van der Waals surface area contributed by atoms with Gasteiger partial charge in [-0.1, -0.05) is 12.1 Å². The normalized spacial score (nSPS) is 10.6. The number of hydrogen-bond donors (Lipinski definition) is 1. The predicted molar refractivity (Wildman–Crippen MR) is 103 cm³/mol. The second-order valence-electron chi connectivity index (χ2n) is 6.44. The molecule has 0 saturated heterocycles. The number of benzene rings is 2. The van der Waals surface area contributed by atoms with E-state index in [9.17, 15) is 4.79 Å². The molecule has 134 valence electrons. The molecule has 0 radical (unpaired) electrons. The fourth-order valence-corrected chi connectivity index (χ4v) is 2.86. The number of amides is 1. The van der Waals surface area contributed by atoms with E-state index >= 15 is 0 Å². The van der Waals surface area contributed by atoms with Crippen LogP contribution in [0.5, 0.6) is 11.5 Å². The first-order chi connectivity index (χ1) is 12.4. The first-order valence-electron chi connectivity index (χ1n) is 8.56. The van der Waals surface area contributed by atoms with E-state index in [1.165, 1.54) is 0 Å². The summed E-state index contributed by atoms with van der Waals surface area (Å²) >= 11 is 0. The fraction of sp³-hybridized carbons (Fsp3) is 0.238. The molecule has 2 aromatic carbocycles. The maximum Gasteiger partial charge on any atom is 0.228 e. The molecular weight excluding hydrogens is 326 g/mol. The lowest BCUT2D eigenvalue weighted by Gasteiger charge is -2.09. The van der Waals surface area contributed by atoms with E-state index in [2.05, 4.69) is 10.4 Å². The topological polar surface area (TPSA) is 56.1 Å². The Morgan fingerprint density at radius 2 is 1.81 bits per heavy atom. The third-order valence-corrected chi connectivity index (χ3v) is 4.36. The molecule has 0 fully saturated rings. The number of aryl methyl sites for hydroxylation is 3. The van der Waals surface area contributed by atoms with Gasteiger partial charge in [0.05, 0.1) is 12.1 Å². The van der Waals surface area contributed by atoms with Crippen LogP contribution in [0.4, 0.5) is 5.69 Å². The lowest BCUT2D eigenvalue weighted by Crippen LogP contribution is -2.15. The first-order valence-corrected chi connectivity index (χ1v) is 8.56. The molecule has 5 heteroatoms. The number of carbonyl (C=O) groups is 1. The lowest BCUT2D eigenvalue weighted by atomic mass is 10.1. The summed E-state index contributed by atoms with van der Waals surface area (Å²) in [5, 5.41) is 7.27. The van der Waals surface area contributed by atoms with Crippen molar-refractivity contribution in [2.75, 3.05) is 5.32 Å². The fourth-order valence-electron chi connectivity index (χ4n) is 2.86. The van der Waals surface area contributed by atoms with E-state index in [-0.39, 0.29) is 5.91 Å². The second kappa shape index (κ2) is 7.44. The molecule has 5 nitrogen and oxygen atoms in total. The largest absolute Gasteiger partial charge is 0.457 e. The third kappa shape index (κ3) is 4.11. The van der Waals surface area contributed by atoms with Gasteiger partial charge in [-0.25, -0.2) is 0 Å². The van der Waals surface area contributed by atoms with Crippen LogP contribution in [0.3, 0.4) is 0 Å². The molecule has 3 rings (SSSR count). The van der Waals surface area contributed by atoms with Gasteiger partial charge in [-0.05, 0) is 62.7 Å². The zero-order valence-corrected chi connectivity index (χ0v) is 15.5. The van der Waals surface area contributed by atoms with E-state index in [1.54, 1.807) is 4.68 Å². The van der Waals surface area contributed by atoms with Gasteiger partial charge in [0.15, 0.2) is 0 Å². The Morgan fingerprint density at radius 1 is 1.08 bits per heavy atom. The van der Waals surface area contributed by atoms with Crippen molar-refractivity contribution < 1.29 is 9.53 Å². The molecule has 0 spiro atoms. The maximum absolute atomic E-state index is 12.3. The standard InChI is InChI=1S/C21H23N3O2/c1-14-6-5-7-19(12-14)26-18-10-8-17(9-11-18)22-21(25)13-20-15(2)23-24(4)16(20)3/h5-12H,13H2,1-4H3,(H,22,25). The summed E-state index contributed by atoms with van der Waals surface area (Å²) in [4.78, 5) is 12.3. The predicted octanol–water partition coefficient (Wildman–Crippen LogP) is 4.32. The summed E-state index contributed by atoms with van der Waals surface area (Å²) < 4.78 is 7.63. The van der Waals surface area contributed by atoms with Gasteiger partial charge in [0.25, 0.3) is 0 Å². The number of aromatic nitrogens is 2. The van der Waals surface area contributed by atoms with Crippen molar-refractivity contribution in [3.8, 4) is 11.5 Å². The van der Waals surface area contributed by atoms with E-state index in [1.807, 2.05) is 76.3 Å². The highest BCUT2D eigenvalue weighted by molar-refractivity contribution is 5.92. The van der Waals surface area contributed by atoms with Crippen molar-refractivity contribution in [3.63, 3.8) is 0 Å². The molecule has 0 bridgehead atoms. The summed E-state index contributed by atoms with van der Waals surface area (Å²) in [5.41, 5.74) is 4.77. The van der Waals surface area contributed by atoms with Crippen LogP contribution >= 0.6 is 0 Å². The Kier molecular flexibility index (Phi) is 5.07. The van der Waals surface area contributed by atoms with Gasteiger partial charge in [-0.3, -0.25) is 9.48 Å². The van der Waals surface area contributed by atoms with E-state index in [4.69, 9.17) is 4.74 Å². The summed E-state index contributed by atoms with van der Waals surface area (Å²) in [5.74, 6) is 1.47. The Labute approximate surface area is 153 Å². The minimum absolute atomic E-state index is 0.0587. The van der Waals surface area contributed by atoms with E-state index in [0.717, 1.165) is 39.7 Å². The zero-order valence-electron chi connectivity index (χ0n) is 15.5. The molecule has 1 aromatic heterocycles. The summed E-state index contributed by atoms with van der Waals surface area (Å²) in [6.07, 6.45) is 0.313. The van der Waals surface area contributed by atoms with Gasteiger partial charge >= 0.3 is 0 Å². The first kappa shape index (κ1) is 17.7. The number of anilines is 1. The van der Waals surface area contributed by atoms with Crippen LogP contribution in [0.25, 0.3) is 0 Å². The smallest absolute Gasteiger partial charge is 0.228 e. The molecular formula is C21H23N3O2. The number of nitrogens with zero attached hydrogens (tertiary/aromatic N) is 2. The van der Waals surface area contributed by atoms with Crippen molar-refractivity contribution in [1.82, 2.24) is 9.78 Å². The van der Waals surface area contributed by atoms with Gasteiger partial charge in [0.2, 0.25) is 5.91 Å². The average Bonchev–Trinajstić information content (AvgIpc) is 2.83. The van der Waals surface area contributed by atoms with Crippen LogP contribution in [0.1, 0.15) is 22.5 Å². The minimum Gasteiger partial charge on any atom is -0.457 e. The zero-order chi connectivity index (χ0) is 18.7. The summed E-state index contributed by atoms with van der Waals surface area (Å²) in [6.45, 7) is 5.92. The highest BCUT2D eigenvalue weighted by Gasteiger charge is 2.13. The van der Waals surface area contributed by atoms with Gasteiger partial charge in [0.1, 0.15) is 11.5 Å². The highest BCUT2D eigenvalue weighted by atomic mass is 16.5. The SMILES string of the molecule is Cc1cccc(Oc2ccc(NC(=O)Cc3c(C)nn(C)c3C)cc2)c1. The van der Waals surface area contributed by atoms with Gasteiger partial charge in [-0.15, -0.1) is 0 Å². The van der Waals surface area contributed by atoms with Crippen molar-refractivity contribution in [1.29, 1.82) is 0 Å². The van der Waals surface area contributed by atoms with Crippen molar-refractivity contribution in [3.05, 3.63) is 71.0 Å². The Balaban J connectivity index is 1.62. The van der Waals surface area contributed by atoms with Crippen molar-refractivity contribution in [2.45, 2.75) is 27.2 Å². The van der Waals surface area contributed by atoms with Crippen LogP contribution < -0.4 is 10.1 Å². The van der Waals surface area contributed by atoms with Gasteiger partial charge in [-0.2, -0.15) is 5.10 Å². The van der Waals surface area contributed by atoms with Crippen LogP contribution in [-0.4, -0.2) is 15.7 Å². The molecule has 0 saturated carbocycles. The van der Waals surface area contributed by atoms with Crippen LogP contribution in [0.2, 0.25) is 0 Å². The van der Waals surface area contributed by atoms with Crippen molar-refractivity contribution >= 4 is 11.6 Å². The van der Waals surface area contributed by atoms with E-state index in [0.29, 0.717) is 6.42 Å². The van der Waals surface area contributed by atoms with Crippen LogP contribution in [0, 0.1) is 20.8 Å². The average molecular weight is 349 g/mol. The van der Waals surface area contributed by atoms with E-state index < -0.39 is 0 Å². The van der Waals surface area contributed by atoms with Crippen LogP contribution in [0.15, 0.2) is 48.5 Å². The number of carbonyl (C=O) groups excluding carboxylic acids is 1. The van der Waals surface area contributed by atoms with Gasteiger partial charge < -0.3 is 10.1 Å². The molecule has 1 N–H and O–H groups in total. The number of rotatable bonds is 5. The molecule has 0 aliphatic rings. The molecule has 1 heterocycles.